The van der Waals surface area contributed by atoms with Crippen LogP contribution >= 0.6 is 11.6 Å². The highest BCUT2D eigenvalue weighted by molar-refractivity contribution is 6.30. The molecule has 0 bridgehead atoms. The van der Waals surface area contributed by atoms with E-state index in [1.165, 1.54) is 19.3 Å². The Balaban J connectivity index is 2.22. The number of rotatable bonds is 6. The van der Waals surface area contributed by atoms with Gasteiger partial charge in [-0.25, -0.2) is 0 Å². The van der Waals surface area contributed by atoms with E-state index in [0.29, 0.717) is 16.8 Å². The second-order valence-electron chi connectivity index (χ2n) is 5.38. The fourth-order valence-electron chi connectivity index (χ4n) is 2.99. The smallest absolute Gasteiger partial charge is 0.165 e. The number of benzene rings is 1. The Kier molecular flexibility index (Phi) is 6.15. The summed E-state index contributed by atoms with van der Waals surface area (Å²) in [5.74, 6) is 1.45. The molecule has 1 aliphatic heterocycles. The number of nitrogens with zero attached hydrogens (tertiary/aromatic N) is 1. The van der Waals surface area contributed by atoms with Crippen molar-refractivity contribution in [2.24, 2.45) is 0 Å². The first-order valence-corrected chi connectivity index (χ1v) is 7.70. The van der Waals surface area contributed by atoms with Crippen LogP contribution in [0.15, 0.2) is 12.1 Å². The Morgan fingerprint density at radius 2 is 2.00 bits per heavy atom. The first-order chi connectivity index (χ1) is 10.2. The fraction of sp³-hybridized carbons (Fsp3) is 0.625. The minimum absolute atomic E-state index is 0.457. The zero-order chi connectivity index (χ0) is 15.2. The van der Waals surface area contributed by atoms with Gasteiger partial charge in [-0.1, -0.05) is 18.0 Å². The van der Waals surface area contributed by atoms with E-state index in [2.05, 4.69) is 4.90 Å². The highest BCUT2D eigenvalue weighted by Crippen LogP contribution is 2.36. The number of hydrogen-bond donors (Lipinski definition) is 0. The maximum absolute atomic E-state index is 6.19. The minimum Gasteiger partial charge on any atom is -0.493 e. The van der Waals surface area contributed by atoms with Crippen molar-refractivity contribution in [1.29, 1.82) is 0 Å². The predicted octanol–water partition coefficient (Wildman–Crippen LogP) is 3.36. The zero-order valence-corrected chi connectivity index (χ0v) is 13.8. The Hall–Kier alpha value is -0.970. The van der Waals surface area contributed by atoms with Crippen molar-refractivity contribution in [3.05, 3.63) is 22.7 Å². The number of ether oxygens (including phenoxy) is 3. The van der Waals surface area contributed by atoms with Gasteiger partial charge < -0.3 is 14.2 Å². The summed E-state index contributed by atoms with van der Waals surface area (Å²) in [4.78, 5) is 2.45. The molecule has 0 spiro atoms. The molecule has 0 amide bonds. The molecule has 1 aromatic rings. The highest BCUT2D eigenvalue weighted by atomic mass is 35.5. The predicted molar refractivity (Wildman–Crippen MR) is 84.5 cm³/mol. The number of hydrogen-bond acceptors (Lipinski definition) is 4. The van der Waals surface area contributed by atoms with Crippen LogP contribution < -0.4 is 9.47 Å². The molecule has 0 radical (unpaired) electrons. The van der Waals surface area contributed by atoms with Crippen molar-refractivity contribution in [3.63, 3.8) is 0 Å². The number of methoxy groups -OCH3 is 3. The second-order valence-corrected chi connectivity index (χ2v) is 5.81. The molecule has 1 aliphatic rings. The third-order valence-corrected chi connectivity index (χ3v) is 4.22. The van der Waals surface area contributed by atoms with Crippen molar-refractivity contribution in [2.45, 2.75) is 31.8 Å². The summed E-state index contributed by atoms with van der Waals surface area (Å²) in [5, 5.41) is 0.669. The van der Waals surface area contributed by atoms with Crippen LogP contribution in [0.2, 0.25) is 5.02 Å². The molecule has 4 nitrogen and oxygen atoms in total. The van der Waals surface area contributed by atoms with Crippen LogP contribution in [0.3, 0.4) is 0 Å². The van der Waals surface area contributed by atoms with E-state index in [-0.39, 0.29) is 0 Å². The van der Waals surface area contributed by atoms with Crippen LogP contribution in [0.25, 0.3) is 0 Å². The first-order valence-electron chi connectivity index (χ1n) is 7.33. The highest BCUT2D eigenvalue weighted by Gasteiger charge is 2.24. The molecule has 1 saturated heterocycles. The van der Waals surface area contributed by atoms with E-state index in [9.17, 15) is 0 Å². The Morgan fingerprint density at radius 3 is 2.67 bits per heavy atom. The molecule has 118 valence electrons. The van der Waals surface area contributed by atoms with E-state index in [1.807, 2.05) is 6.07 Å². The van der Waals surface area contributed by atoms with E-state index in [4.69, 9.17) is 25.8 Å². The molecule has 2 rings (SSSR count). The van der Waals surface area contributed by atoms with Gasteiger partial charge in [0.1, 0.15) is 0 Å². The molecule has 21 heavy (non-hydrogen) atoms. The summed E-state index contributed by atoms with van der Waals surface area (Å²) in [6.07, 6.45) is 3.66. The lowest BCUT2D eigenvalue weighted by atomic mass is 10.0. The quantitative estimate of drug-likeness (QED) is 0.806. The van der Waals surface area contributed by atoms with Crippen LogP contribution in [-0.2, 0) is 11.3 Å². The lowest BCUT2D eigenvalue weighted by molar-refractivity contribution is 0.0595. The Labute approximate surface area is 131 Å². The molecule has 0 unspecified atom stereocenters. The summed E-state index contributed by atoms with van der Waals surface area (Å²) >= 11 is 6.19. The van der Waals surface area contributed by atoms with Crippen LogP contribution in [0.4, 0.5) is 0 Å². The monoisotopic (exact) mass is 313 g/mol. The Bertz CT molecular complexity index is 465. The van der Waals surface area contributed by atoms with Gasteiger partial charge in [-0.05, 0) is 25.5 Å². The van der Waals surface area contributed by atoms with Crippen LogP contribution in [0.1, 0.15) is 24.8 Å². The first kappa shape index (κ1) is 16.4. The topological polar surface area (TPSA) is 30.9 Å². The normalized spacial score (nSPS) is 19.5. The average molecular weight is 314 g/mol. The summed E-state index contributed by atoms with van der Waals surface area (Å²) in [6.45, 7) is 2.64. The summed E-state index contributed by atoms with van der Waals surface area (Å²) < 4.78 is 16.2. The van der Waals surface area contributed by atoms with Crippen LogP contribution in [0.5, 0.6) is 11.5 Å². The molecule has 0 saturated carbocycles. The lowest BCUT2D eigenvalue weighted by Crippen LogP contribution is -2.41. The summed E-state index contributed by atoms with van der Waals surface area (Å²) in [5.41, 5.74) is 1.06. The van der Waals surface area contributed by atoms with Gasteiger partial charge in [-0.2, -0.15) is 0 Å². The van der Waals surface area contributed by atoms with E-state index in [0.717, 1.165) is 31.0 Å². The van der Waals surface area contributed by atoms with Gasteiger partial charge >= 0.3 is 0 Å². The molecule has 0 aliphatic carbocycles. The van der Waals surface area contributed by atoms with Gasteiger partial charge in [0.25, 0.3) is 0 Å². The van der Waals surface area contributed by atoms with E-state index in [1.54, 1.807) is 27.4 Å². The SMILES string of the molecule is COC[C@@H]1CCCCN1Cc1cc(Cl)cc(OC)c1OC. The van der Waals surface area contributed by atoms with E-state index >= 15 is 0 Å². The summed E-state index contributed by atoms with van der Waals surface area (Å²) in [7, 11) is 5.06. The van der Waals surface area contributed by atoms with Gasteiger partial charge in [-0.15, -0.1) is 0 Å². The van der Waals surface area contributed by atoms with Gasteiger partial charge in [0.15, 0.2) is 11.5 Å². The Morgan fingerprint density at radius 1 is 1.19 bits per heavy atom. The molecule has 5 heteroatoms. The van der Waals surface area contributed by atoms with Gasteiger partial charge in [0, 0.05) is 36.3 Å². The molecular weight excluding hydrogens is 290 g/mol. The van der Waals surface area contributed by atoms with Crippen LogP contribution in [-0.4, -0.2) is 45.4 Å². The third kappa shape index (κ3) is 4.02. The standard InChI is InChI=1S/C16H24ClNO3/c1-19-11-14-6-4-5-7-18(14)10-12-8-13(17)9-15(20-2)16(12)21-3/h8-9,14H,4-7,10-11H2,1-3H3/t14-/m0/s1. The number of piperidine rings is 1. The lowest BCUT2D eigenvalue weighted by Gasteiger charge is -2.35. The molecule has 1 heterocycles. The summed E-state index contributed by atoms with van der Waals surface area (Å²) in [6, 6.07) is 4.20. The van der Waals surface area contributed by atoms with Gasteiger partial charge in [0.2, 0.25) is 0 Å². The number of likely N-dealkylation sites (tertiary alicyclic amines) is 1. The fourth-order valence-corrected chi connectivity index (χ4v) is 3.22. The maximum atomic E-state index is 6.19. The molecule has 0 N–H and O–H groups in total. The number of halogens is 1. The largest absolute Gasteiger partial charge is 0.493 e. The molecule has 1 atom stereocenters. The minimum atomic E-state index is 0.457. The molecule has 0 aromatic heterocycles. The molecule has 1 aromatic carbocycles. The molecular formula is C16H24ClNO3. The maximum Gasteiger partial charge on any atom is 0.165 e. The van der Waals surface area contributed by atoms with Crippen molar-refractivity contribution < 1.29 is 14.2 Å². The van der Waals surface area contributed by atoms with Crippen molar-refractivity contribution in [3.8, 4) is 11.5 Å². The molecule has 1 fully saturated rings. The van der Waals surface area contributed by atoms with Crippen molar-refractivity contribution in [2.75, 3.05) is 34.5 Å². The van der Waals surface area contributed by atoms with E-state index < -0.39 is 0 Å². The average Bonchev–Trinajstić information content (AvgIpc) is 2.49. The van der Waals surface area contributed by atoms with Gasteiger partial charge in [0.05, 0.1) is 20.8 Å². The van der Waals surface area contributed by atoms with Gasteiger partial charge in [-0.3, -0.25) is 4.90 Å². The third-order valence-electron chi connectivity index (χ3n) is 4.00. The van der Waals surface area contributed by atoms with Crippen LogP contribution in [0, 0.1) is 0 Å². The van der Waals surface area contributed by atoms with Crippen molar-refractivity contribution >= 4 is 11.6 Å². The second kappa shape index (κ2) is 7.87. The zero-order valence-electron chi connectivity index (χ0n) is 13.0. The van der Waals surface area contributed by atoms with Crippen molar-refractivity contribution in [1.82, 2.24) is 4.90 Å².